The van der Waals surface area contributed by atoms with Gasteiger partial charge in [0.05, 0.1) is 6.04 Å². The molecule has 2 aromatic carbocycles. The Balaban J connectivity index is 1.81. The Hall–Kier alpha value is -1.03. The zero-order chi connectivity index (χ0) is 12.4. The first-order chi connectivity index (χ1) is 8.83. The number of hydrogen-bond donors (Lipinski definition) is 1. The topological polar surface area (TPSA) is 12.0 Å². The van der Waals surface area contributed by atoms with Crippen LogP contribution in [0.1, 0.15) is 24.4 Å². The smallest absolute Gasteiger partial charge is 0.0542 e. The molecule has 1 aliphatic carbocycles. The highest BCUT2D eigenvalue weighted by Gasteiger charge is 2.32. The predicted molar refractivity (Wildman–Crippen MR) is 84.7 cm³/mol. The summed E-state index contributed by atoms with van der Waals surface area (Å²) in [7, 11) is 0. The van der Waals surface area contributed by atoms with Gasteiger partial charge < -0.3 is 5.32 Å². The van der Waals surface area contributed by atoms with Crippen molar-refractivity contribution in [2.24, 2.45) is 5.92 Å². The number of anilines is 1. The maximum Gasteiger partial charge on any atom is 0.0542 e. The maximum absolute atomic E-state index is 3.68. The van der Waals surface area contributed by atoms with Gasteiger partial charge in [-0.1, -0.05) is 30.3 Å². The van der Waals surface area contributed by atoms with Gasteiger partial charge in [0.1, 0.15) is 0 Å². The molecule has 0 amide bonds. The molecule has 2 aromatic rings. The third-order valence-electron chi connectivity index (χ3n) is 3.42. The predicted octanol–water partition coefficient (Wildman–Crippen LogP) is 4.85. The van der Waals surface area contributed by atoms with Crippen molar-refractivity contribution in [1.29, 1.82) is 0 Å². The number of halogens is 1. The SMILES string of the molecule is Ic1ccc(NC(c2ccccc2)C2CC2)cc1. The standard InChI is InChI=1S/C16H16IN/c17-14-8-10-15(11-9-14)18-16(13-6-7-13)12-4-2-1-3-5-12/h1-5,8-11,13,16,18H,6-7H2. The van der Waals surface area contributed by atoms with Gasteiger partial charge in [-0.3, -0.25) is 0 Å². The molecule has 1 saturated carbocycles. The molecule has 0 aromatic heterocycles. The first kappa shape index (κ1) is 12.0. The Morgan fingerprint density at radius 3 is 2.22 bits per heavy atom. The van der Waals surface area contributed by atoms with E-state index in [1.165, 1.54) is 27.7 Å². The molecule has 1 aliphatic rings. The molecule has 18 heavy (non-hydrogen) atoms. The lowest BCUT2D eigenvalue weighted by atomic mass is 10.0. The van der Waals surface area contributed by atoms with Crippen molar-refractivity contribution >= 4 is 28.3 Å². The highest BCUT2D eigenvalue weighted by atomic mass is 127. The highest BCUT2D eigenvalue weighted by Crippen LogP contribution is 2.42. The van der Waals surface area contributed by atoms with Crippen LogP contribution in [0.4, 0.5) is 5.69 Å². The maximum atomic E-state index is 3.68. The molecule has 92 valence electrons. The van der Waals surface area contributed by atoms with Gasteiger partial charge in [-0.2, -0.15) is 0 Å². The van der Waals surface area contributed by atoms with Crippen LogP contribution in [-0.4, -0.2) is 0 Å². The monoisotopic (exact) mass is 349 g/mol. The van der Waals surface area contributed by atoms with Gasteiger partial charge in [0, 0.05) is 9.26 Å². The molecule has 1 N–H and O–H groups in total. The Kier molecular flexibility index (Phi) is 3.55. The van der Waals surface area contributed by atoms with E-state index in [1.54, 1.807) is 0 Å². The average molecular weight is 349 g/mol. The van der Waals surface area contributed by atoms with Gasteiger partial charge in [0.2, 0.25) is 0 Å². The molecule has 1 atom stereocenters. The molecular weight excluding hydrogens is 333 g/mol. The molecule has 0 bridgehead atoms. The molecule has 3 rings (SSSR count). The van der Waals surface area contributed by atoms with Crippen LogP contribution in [0, 0.1) is 9.49 Å². The second kappa shape index (κ2) is 5.31. The van der Waals surface area contributed by atoms with Gasteiger partial charge in [-0.05, 0) is 71.2 Å². The van der Waals surface area contributed by atoms with Crippen LogP contribution < -0.4 is 5.32 Å². The lowest BCUT2D eigenvalue weighted by Gasteiger charge is -2.20. The first-order valence-corrected chi connectivity index (χ1v) is 7.48. The van der Waals surface area contributed by atoms with E-state index in [0.29, 0.717) is 6.04 Å². The van der Waals surface area contributed by atoms with Gasteiger partial charge in [0.25, 0.3) is 0 Å². The third-order valence-corrected chi connectivity index (χ3v) is 4.14. The Morgan fingerprint density at radius 1 is 0.944 bits per heavy atom. The van der Waals surface area contributed by atoms with Gasteiger partial charge in [-0.25, -0.2) is 0 Å². The van der Waals surface area contributed by atoms with Crippen molar-refractivity contribution in [2.75, 3.05) is 5.32 Å². The Morgan fingerprint density at radius 2 is 1.61 bits per heavy atom. The van der Waals surface area contributed by atoms with Gasteiger partial charge >= 0.3 is 0 Å². The summed E-state index contributed by atoms with van der Waals surface area (Å²) < 4.78 is 1.28. The molecule has 1 unspecified atom stereocenters. The summed E-state index contributed by atoms with van der Waals surface area (Å²) in [6.07, 6.45) is 2.69. The van der Waals surface area contributed by atoms with Crippen molar-refractivity contribution in [3.63, 3.8) is 0 Å². The molecule has 0 radical (unpaired) electrons. The van der Waals surface area contributed by atoms with Crippen LogP contribution >= 0.6 is 22.6 Å². The summed E-state index contributed by atoms with van der Waals surface area (Å²) in [4.78, 5) is 0. The van der Waals surface area contributed by atoms with Crippen molar-refractivity contribution in [3.8, 4) is 0 Å². The second-order valence-electron chi connectivity index (χ2n) is 4.88. The molecule has 0 spiro atoms. The minimum atomic E-state index is 0.464. The summed E-state index contributed by atoms with van der Waals surface area (Å²) in [5.74, 6) is 0.798. The largest absolute Gasteiger partial charge is 0.378 e. The van der Waals surface area contributed by atoms with Crippen LogP contribution in [0.5, 0.6) is 0 Å². The summed E-state index contributed by atoms with van der Waals surface area (Å²) in [5, 5.41) is 3.68. The molecule has 2 heteroatoms. The molecule has 0 heterocycles. The number of rotatable bonds is 4. The van der Waals surface area contributed by atoms with Gasteiger partial charge in [-0.15, -0.1) is 0 Å². The molecule has 1 fully saturated rings. The molecule has 0 aliphatic heterocycles. The second-order valence-corrected chi connectivity index (χ2v) is 6.12. The molecule has 0 saturated heterocycles. The Labute approximate surface area is 122 Å². The van der Waals surface area contributed by atoms with E-state index in [9.17, 15) is 0 Å². The summed E-state index contributed by atoms with van der Waals surface area (Å²) in [6.45, 7) is 0. The summed E-state index contributed by atoms with van der Waals surface area (Å²) in [6, 6.07) is 19.9. The van der Waals surface area contributed by atoms with E-state index in [1.807, 2.05) is 0 Å². The molecule has 1 nitrogen and oxygen atoms in total. The number of nitrogens with one attached hydrogen (secondary N) is 1. The lowest BCUT2D eigenvalue weighted by Crippen LogP contribution is -2.12. The minimum Gasteiger partial charge on any atom is -0.378 e. The van der Waals surface area contributed by atoms with Crippen LogP contribution in [0.3, 0.4) is 0 Å². The van der Waals surface area contributed by atoms with Crippen LogP contribution in [-0.2, 0) is 0 Å². The summed E-state index contributed by atoms with van der Waals surface area (Å²) in [5.41, 5.74) is 2.62. The van der Waals surface area contributed by atoms with Crippen LogP contribution in [0.2, 0.25) is 0 Å². The zero-order valence-electron chi connectivity index (χ0n) is 10.1. The van der Waals surface area contributed by atoms with Crippen LogP contribution in [0.15, 0.2) is 54.6 Å². The minimum absolute atomic E-state index is 0.464. The van der Waals surface area contributed by atoms with E-state index < -0.39 is 0 Å². The van der Waals surface area contributed by atoms with Crippen molar-refractivity contribution in [2.45, 2.75) is 18.9 Å². The zero-order valence-corrected chi connectivity index (χ0v) is 12.3. The summed E-state index contributed by atoms with van der Waals surface area (Å²) >= 11 is 2.34. The van der Waals surface area contributed by atoms with E-state index in [2.05, 4.69) is 82.5 Å². The quantitative estimate of drug-likeness (QED) is 0.778. The fraction of sp³-hybridized carbons (Fsp3) is 0.250. The van der Waals surface area contributed by atoms with E-state index in [4.69, 9.17) is 0 Å². The fourth-order valence-electron chi connectivity index (χ4n) is 2.29. The van der Waals surface area contributed by atoms with E-state index in [0.717, 1.165) is 5.92 Å². The third kappa shape index (κ3) is 2.86. The van der Waals surface area contributed by atoms with Crippen molar-refractivity contribution in [3.05, 3.63) is 63.7 Å². The molecular formula is C16H16IN. The highest BCUT2D eigenvalue weighted by molar-refractivity contribution is 14.1. The fourth-order valence-corrected chi connectivity index (χ4v) is 2.65. The van der Waals surface area contributed by atoms with Crippen molar-refractivity contribution < 1.29 is 0 Å². The average Bonchev–Trinajstić information content (AvgIpc) is 3.23. The van der Waals surface area contributed by atoms with Crippen LogP contribution in [0.25, 0.3) is 0 Å². The van der Waals surface area contributed by atoms with Gasteiger partial charge in [0.15, 0.2) is 0 Å². The Bertz CT molecular complexity index is 502. The lowest BCUT2D eigenvalue weighted by molar-refractivity contribution is 0.679. The number of hydrogen-bond acceptors (Lipinski definition) is 1. The number of benzene rings is 2. The van der Waals surface area contributed by atoms with E-state index >= 15 is 0 Å². The normalized spacial score (nSPS) is 16.3. The van der Waals surface area contributed by atoms with E-state index in [-0.39, 0.29) is 0 Å². The first-order valence-electron chi connectivity index (χ1n) is 6.40. The van der Waals surface area contributed by atoms with Crippen molar-refractivity contribution in [1.82, 2.24) is 0 Å².